The van der Waals surface area contributed by atoms with Crippen LogP contribution in [0.25, 0.3) is 0 Å². The van der Waals surface area contributed by atoms with Gasteiger partial charge in [-0.1, -0.05) is 26.0 Å². The number of nitrogens with zero attached hydrogens (tertiary/aromatic N) is 1. The lowest BCUT2D eigenvalue weighted by Gasteiger charge is -2.12. The van der Waals surface area contributed by atoms with Crippen molar-refractivity contribution in [3.8, 4) is 0 Å². The summed E-state index contributed by atoms with van der Waals surface area (Å²) >= 11 is 0. The molecule has 26 heavy (non-hydrogen) atoms. The minimum atomic E-state index is -0.568. The van der Waals surface area contributed by atoms with E-state index < -0.39 is 5.91 Å². The van der Waals surface area contributed by atoms with Gasteiger partial charge in [0.05, 0.1) is 6.54 Å². The first-order valence-electron chi connectivity index (χ1n) is 8.52. The summed E-state index contributed by atoms with van der Waals surface area (Å²) in [6.07, 6.45) is 2.29. The highest BCUT2D eigenvalue weighted by atomic mass is 127. The molecule has 1 rings (SSSR count). The number of halogens is 1. The first kappa shape index (κ1) is 24.2. The molecule has 0 saturated carbocycles. The first-order valence-corrected chi connectivity index (χ1v) is 8.52. The van der Waals surface area contributed by atoms with Crippen molar-refractivity contribution in [3.05, 3.63) is 35.4 Å². The fourth-order valence-electron chi connectivity index (χ4n) is 2.17. The molecule has 0 heterocycles. The molecule has 0 aromatic heterocycles. The zero-order valence-corrected chi connectivity index (χ0v) is 18.0. The average Bonchev–Trinajstić information content (AvgIpc) is 2.59. The Labute approximate surface area is 172 Å². The molecule has 0 unspecified atom stereocenters. The minimum absolute atomic E-state index is 0. The van der Waals surface area contributed by atoms with E-state index in [9.17, 15) is 9.59 Å². The minimum Gasteiger partial charge on any atom is -0.368 e. The molecule has 0 radical (unpaired) electrons. The maximum absolute atomic E-state index is 11.8. The number of benzene rings is 1. The molecule has 0 aliphatic carbocycles. The normalized spacial score (nSPS) is 10.8. The number of carbonyl (C=O) groups is 2. The first-order chi connectivity index (χ1) is 11.9. The average molecular weight is 475 g/mol. The number of rotatable bonds is 9. The van der Waals surface area contributed by atoms with Gasteiger partial charge in [0.25, 0.3) is 5.91 Å². The van der Waals surface area contributed by atoms with E-state index in [0.717, 1.165) is 24.5 Å². The van der Waals surface area contributed by atoms with Gasteiger partial charge in [0.15, 0.2) is 5.96 Å². The number of primary amides is 1. The summed E-state index contributed by atoms with van der Waals surface area (Å²) in [6.45, 7) is 5.75. The summed E-state index contributed by atoms with van der Waals surface area (Å²) in [5.41, 5.74) is 6.51. The highest BCUT2D eigenvalue weighted by Crippen LogP contribution is 2.04. The summed E-state index contributed by atoms with van der Waals surface area (Å²) < 4.78 is 0. The lowest BCUT2D eigenvalue weighted by atomic mass is 10.1. The lowest BCUT2D eigenvalue weighted by Crippen LogP contribution is -2.37. The van der Waals surface area contributed by atoms with E-state index in [1.807, 2.05) is 12.1 Å². The number of hydrogen-bond acceptors (Lipinski definition) is 3. The summed E-state index contributed by atoms with van der Waals surface area (Å²) in [6, 6.07) is 7.15. The van der Waals surface area contributed by atoms with Gasteiger partial charge in [-0.05, 0) is 36.5 Å². The van der Waals surface area contributed by atoms with E-state index in [1.165, 1.54) is 6.42 Å². The number of hydrogen-bond donors (Lipinski definition) is 4. The largest absolute Gasteiger partial charge is 0.368 e. The van der Waals surface area contributed by atoms with E-state index in [1.54, 1.807) is 19.2 Å². The molecule has 0 aliphatic rings. The van der Waals surface area contributed by atoms with Crippen LogP contribution in [0.2, 0.25) is 0 Å². The second-order valence-electron chi connectivity index (χ2n) is 6.23. The van der Waals surface area contributed by atoms with Gasteiger partial charge in [0.2, 0.25) is 5.91 Å². The molecular weight excluding hydrogens is 445 g/mol. The van der Waals surface area contributed by atoms with Crippen molar-refractivity contribution in [1.29, 1.82) is 0 Å². The Morgan fingerprint density at radius 2 is 1.77 bits per heavy atom. The molecule has 0 aliphatic heterocycles. The Morgan fingerprint density at radius 1 is 1.12 bits per heavy atom. The van der Waals surface area contributed by atoms with Crippen LogP contribution >= 0.6 is 24.0 Å². The number of nitrogens with one attached hydrogen (secondary N) is 3. The molecule has 7 nitrogen and oxygen atoms in total. The Balaban J connectivity index is 0.00000625. The van der Waals surface area contributed by atoms with E-state index in [4.69, 9.17) is 5.73 Å². The predicted octanol–water partition coefficient (Wildman–Crippen LogP) is 1.62. The van der Waals surface area contributed by atoms with Crippen LogP contribution in [0.1, 0.15) is 42.6 Å². The van der Waals surface area contributed by atoms with Gasteiger partial charge in [0, 0.05) is 25.7 Å². The summed E-state index contributed by atoms with van der Waals surface area (Å²) in [4.78, 5) is 26.7. The monoisotopic (exact) mass is 475 g/mol. The quantitative estimate of drug-likeness (QED) is 0.188. The van der Waals surface area contributed by atoms with Crippen LogP contribution in [0.5, 0.6) is 0 Å². The Hall–Kier alpha value is -1.84. The molecule has 0 saturated heterocycles. The molecule has 0 fully saturated rings. The van der Waals surface area contributed by atoms with Crippen molar-refractivity contribution in [2.75, 3.05) is 20.1 Å². The SMILES string of the molecule is CN=C(NCCCC(C)C)NCc1ccc(C(=O)NCC(N)=O)cc1.I. The molecule has 146 valence electrons. The van der Waals surface area contributed by atoms with Crippen molar-refractivity contribution in [3.63, 3.8) is 0 Å². The summed E-state index contributed by atoms with van der Waals surface area (Å²) in [5.74, 6) is 0.574. The maximum atomic E-state index is 11.8. The van der Waals surface area contributed by atoms with Gasteiger partial charge in [-0.2, -0.15) is 0 Å². The van der Waals surface area contributed by atoms with Crippen LogP contribution in [0.4, 0.5) is 0 Å². The van der Waals surface area contributed by atoms with E-state index in [0.29, 0.717) is 18.0 Å². The molecule has 5 N–H and O–H groups in total. The third-order valence-electron chi connectivity index (χ3n) is 3.57. The van der Waals surface area contributed by atoms with E-state index >= 15 is 0 Å². The van der Waals surface area contributed by atoms with Gasteiger partial charge in [-0.15, -0.1) is 24.0 Å². The molecule has 2 amide bonds. The van der Waals surface area contributed by atoms with Crippen molar-refractivity contribution >= 4 is 41.8 Å². The van der Waals surface area contributed by atoms with Crippen LogP contribution in [-0.2, 0) is 11.3 Å². The molecular formula is C18H30IN5O2. The number of nitrogens with two attached hydrogens (primary N) is 1. The van der Waals surface area contributed by atoms with Crippen LogP contribution < -0.4 is 21.7 Å². The molecule has 0 bridgehead atoms. The maximum Gasteiger partial charge on any atom is 0.251 e. The highest BCUT2D eigenvalue weighted by Gasteiger charge is 2.06. The predicted molar refractivity (Wildman–Crippen MR) is 116 cm³/mol. The van der Waals surface area contributed by atoms with Crippen LogP contribution in [0, 0.1) is 5.92 Å². The van der Waals surface area contributed by atoms with Gasteiger partial charge < -0.3 is 21.7 Å². The van der Waals surface area contributed by atoms with Crippen LogP contribution in [0.3, 0.4) is 0 Å². The molecule has 0 atom stereocenters. The lowest BCUT2D eigenvalue weighted by molar-refractivity contribution is -0.117. The van der Waals surface area contributed by atoms with Crippen LogP contribution in [0.15, 0.2) is 29.3 Å². The number of amides is 2. The number of guanidine groups is 1. The summed E-state index contributed by atoms with van der Waals surface area (Å²) in [5, 5.41) is 8.98. The smallest absolute Gasteiger partial charge is 0.251 e. The van der Waals surface area contributed by atoms with Crippen LogP contribution in [-0.4, -0.2) is 37.9 Å². The second kappa shape index (κ2) is 13.4. The Kier molecular flexibility index (Phi) is 12.4. The highest BCUT2D eigenvalue weighted by molar-refractivity contribution is 14.0. The zero-order chi connectivity index (χ0) is 18.7. The van der Waals surface area contributed by atoms with Gasteiger partial charge in [-0.3, -0.25) is 14.6 Å². The van der Waals surface area contributed by atoms with E-state index in [-0.39, 0.29) is 36.4 Å². The van der Waals surface area contributed by atoms with Crippen molar-refractivity contribution < 1.29 is 9.59 Å². The fraction of sp³-hybridized carbons (Fsp3) is 0.500. The molecule has 8 heteroatoms. The number of carbonyl (C=O) groups excluding carboxylic acids is 2. The fourth-order valence-corrected chi connectivity index (χ4v) is 2.17. The van der Waals surface area contributed by atoms with Crippen molar-refractivity contribution in [2.24, 2.45) is 16.6 Å². The second-order valence-corrected chi connectivity index (χ2v) is 6.23. The van der Waals surface area contributed by atoms with Crippen molar-refractivity contribution in [2.45, 2.75) is 33.2 Å². The zero-order valence-electron chi connectivity index (χ0n) is 15.7. The van der Waals surface area contributed by atoms with Crippen molar-refractivity contribution in [1.82, 2.24) is 16.0 Å². The third kappa shape index (κ3) is 10.2. The number of aliphatic imine (C=N–C) groups is 1. The molecule has 1 aromatic rings. The third-order valence-corrected chi connectivity index (χ3v) is 3.57. The van der Waals surface area contributed by atoms with Gasteiger partial charge >= 0.3 is 0 Å². The Morgan fingerprint density at radius 3 is 2.31 bits per heavy atom. The summed E-state index contributed by atoms with van der Waals surface area (Å²) in [7, 11) is 1.74. The van der Waals surface area contributed by atoms with Gasteiger partial charge in [-0.25, -0.2) is 0 Å². The Bertz CT molecular complexity index is 588. The topological polar surface area (TPSA) is 109 Å². The molecule has 1 aromatic carbocycles. The van der Waals surface area contributed by atoms with E-state index in [2.05, 4.69) is 34.8 Å². The molecule has 0 spiro atoms. The van der Waals surface area contributed by atoms with Gasteiger partial charge in [0.1, 0.15) is 0 Å². The standard InChI is InChI=1S/C18H29N5O2.HI/c1-13(2)5-4-10-21-18(20-3)23-11-14-6-8-15(9-7-14)17(25)22-12-16(19)24;/h6-9,13H,4-5,10-12H2,1-3H3,(H2,19,24)(H,22,25)(H2,20,21,23);1H.